The minimum atomic E-state index is -0.418. The van der Waals surface area contributed by atoms with Crippen molar-refractivity contribution in [2.24, 2.45) is 0 Å². The first-order valence-corrected chi connectivity index (χ1v) is 6.34. The van der Waals surface area contributed by atoms with Gasteiger partial charge in [0.05, 0.1) is 16.8 Å². The largest absolute Gasteiger partial charge is 0.508 e. The summed E-state index contributed by atoms with van der Waals surface area (Å²) in [6.07, 6.45) is 0. The van der Waals surface area contributed by atoms with Crippen LogP contribution < -0.4 is 4.90 Å². The zero-order chi connectivity index (χ0) is 13.6. The Balaban J connectivity index is 2.10. The number of phenols is 1. The van der Waals surface area contributed by atoms with Gasteiger partial charge >= 0.3 is 0 Å². The Morgan fingerprint density at radius 2 is 1.53 bits per heavy atom. The van der Waals surface area contributed by atoms with E-state index in [0.29, 0.717) is 11.3 Å². The fraction of sp³-hybridized carbons (Fsp3) is 0. The van der Waals surface area contributed by atoms with E-state index >= 15 is 0 Å². The highest BCUT2D eigenvalue weighted by atomic mass is 79.9. The third kappa shape index (κ3) is 1.82. The summed E-state index contributed by atoms with van der Waals surface area (Å²) in [5.41, 5.74) is 1.05. The summed E-state index contributed by atoms with van der Waals surface area (Å²) < 4.78 is 0.866. The minimum absolute atomic E-state index is 0.0300. The average Bonchev–Trinajstić information content (AvgIpc) is 2.63. The van der Waals surface area contributed by atoms with Gasteiger partial charge in [-0.2, -0.15) is 0 Å². The quantitative estimate of drug-likeness (QED) is 0.823. The molecule has 1 aliphatic rings. The molecule has 0 aromatic heterocycles. The minimum Gasteiger partial charge on any atom is -0.508 e. The number of anilines is 1. The van der Waals surface area contributed by atoms with E-state index in [1.807, 2.05) is 0 Å². The molecule has 0 saturated carbocycles. The fourth-order valence-corrected chi connectivity index (χ4v) is 2.32. The summed E-state index contributed by atoms with van der Waals surface area (Å²) in [4.78, 5) is 25.6. The molecule has 1 aliphatic heterocycles. The lowest BCUT2D eigenvalue weighted by molar-refractivity contribution is 0.0926. The molecule has 1 N–H and O–H groups in total. The van der Waals surface area contributed by atoms with Crippen LogP contribution in [0.15, 0.2) is 46.9 Å². The smallest absolute Gasteiger partial charge is 0.266 e. The number of rotatable bonds is 1. The summed E-state index contributed by atoms with van der Waals surface area (Å²) in [5, 5.41) is 9.41. The van der Waals surface area contributed by atoms with E-state index in [4.69, 9.17) is 0 Å². The molecule has 94 valence electrons. The lowest BCUT2D eigenvalue weighted by Crippen LogP contribution is -2.29. The number of halogens is 1. The van der Waals surface area contributed by atoms with Gasteiger partial charge in [-0.25, -0.2) is 4.90 Å². The van der Waals surface area contributed by atoms with E-state index in [1.54, 1.807) is 24.3 Å². The van der Waals surface area contributed by atoms with Crippen molar-refractivity contribution < 1.29 is 14.7 Å². The molecule has 3 rings (SSSR count). The van der Waals surface area contributed by atoms with Crippen molar-refractivity contribution in [1.29, 1.82) is 0 Å². The van der Waals surface area contributed by atoms with Crippen LogP contribution in [0.25, 0.3) is 0 Å². The van der Waals surface area contributed by atoms with Gasteiger partial charge in [-0.3, -0.25) is 9.59 Å². The maximum atomic E-state index is 12.2. The van der Waals surface area contributed by atoms with Crippen LogP contribution in [0.2, 0.25) is 0 Å². The first-order chi connectivity index (χ1) is 9.08. The van der Waals surface area contributed by atoms with Gasteiger partial charge in [-0.05, 0) is 42.5 Å². The van der Waals surface area contributed by atoms with E-state index in [2.05, 4.69) is 15.9 Å². The number of phenolic OH excluding ortho intramolecular Hbond substituents is 1. The van der Waals surface area contributed by atoms with Crippen LogP contribution in [0.3, 0.4) is 0 Å². The van der Waals surface area contributed by atoms with Gasteiger partial charge in [0.25, 0.3) is 11.8 Å². The van der Waals surface area contributed by atoms with Crippen LogP contribution in [-0.4, -0.2) is 16.9 Å². The number of fused-ring (bicyclic) bond motifs is 1. The molecule has 2 aromatic rings. The average molecular weight is 318 g/mol. The summed E-state index contributed by atoms with van der Waals surface area (Å²) in [6, 6.07) is 11.1. The molecule has 5 heteroatoms. The molecular weight excluding hydrogens is 310 g/mol. The normalized spacial score (nSPS) is 13.8. The highest BCUT2D eigenvalue weighted by Crippen LogP contribution is 2.30. The van der Waals surface area contributed by atoms with Gasteiger partial charge in [-0.15, -0.1) is 0 Å². The number of aromatic hydroxyl groups is 1. The number of nitrogens with zero attached hydrogens (tertiary/aromatic N) is 1. The van der Waals surface area contributed by atoms with E-state index in [0.717, 1.165) is 9.37 Å². The number of carbonyl (C=O) groups excluding carboxylic acids is 2. The van der Waals surface area contributed by atoms with Crippen LogP contribution in [0.4, 0.5) is 5.69 Å². The van der Waals surface area contributed by atoms with E-state index in [9.17, 15) is 14.7 Å². The molecule has 0 atom stereocenters. The van der Waals surface area contributed by atoms with Crippen LogP contribution in [-0.2, 0) is 0 Å². The van der Waals surface area contributed by atoms with Gasteiger partial charge in [-0.1, -0.05) is 15.9 Å². The lowest BCUT2D eigenvalue weighted by atomic mass is 10.1. The van der Waals surface area contributed by atoms with E-state index in [1.165, 1.54) is 18.2 Å². The Hall–Kier alpha value is -2.14. The Morgan fingerprint density at radius 3 is 2.21 bits per heavy atom. The van der Waals surface area contributed by atoms with Crippen molar-refractivity contribution in [2.75, 3.05) is 4.90 Å². The van der Waals surface area contributed by atoms with Gasteiger partial charge in [0, 0.05) is 4.47 Å². The third-order valence-electron chi connectivity index (χ3n) is 2.95. The molecule has 0 radical (unpaired) electrons. The van der Waals surface area contributed by atoms with Gasteiger partial charge < -0.3 is 5.11 Å². The molecule has 4 nitrogen and oxygen atoms in total. The maximum absolute atomic E-state index is 12.2. The molecule has 2 amide bonds. The van der Waals surface area contributed by atoms with E-state index < -0.39 is 5.91 Å². The number of benzene rings is 2. The van der Waals surface area contributed by atoms with Gasteiger partial charge in [0.1, 0.15) is 5.75 Å². The molecule has 0 spiro atoms. The number of carbonyl (C=O) groups is 2. The molecule has 0 unspecified atom stereocenters. The second-order valence-electron chi connectivity index (χ2n) is 4.15. The molecule has 0 bridgehead atoms. The fourth-order valence-electron chi connectivity index (χ4n) is 2.05. The molecule has 19 heavy (non-hydrogen) atoms. The molecule has 0 aliphatic carbocycles. The second-order valence-corrected chi connectivity index (χ2v) is 5.07. The van der Waals surface area contributed by atoms with Crippen LogP contribution >= 0.6 is 15.9 Å². The Morgan fingerprint density at radius 1 is 0.895 bits per heavy atom. The highest BCUT2D eigenvalue weighted by molar-refractivity contribution is 9.10. The van der Waals surface area contributed by atoms with Crippen molar-refractivity contribution in [2.45, 2.75) is 0 Å². The monoisotopic (exact) mass is 317 g/mol. The summed E-state index contributed by atoms with van der Waals surface area (Å²) >= 11 is 3.30. The standard InChI is InChI=1S/C14H8BrNO3/c15-8-1-3-9(4-2-8)16-13(18)11-6-5-10(17)7-12(11)14(16)19/h1-7,17H. The van der Waals surface area contributed by atoms with Crippen molar-refractivity contribution in [3.05, 3.63) is 58.1 Å². The first-order valence-electron chi connectivity index (χ1n) is 5.55. The zero-order valence-electron chi connectivity index (χ0n) is 9.63. The molecule has 0 saturated heterocycles. The second kappa shape index (κ2) is 4.20. The lowest BCUT2D eigenvalue weighted by Gasteiger charge is -2.13. The third-order valence-corrected chi connectivity index (χ3v) is 3.48. The zero-order valence-corrected chi connectivity index (χ0v) is 11.2. The number of imide groups is 1. The van der Waals surface area contributed by atoms with Crippen LogP contribution in [0.5, 0.6) is 5.75 Å². The predicted molar refractivity (Wildman–Crippen MR) is 73.4 cm³/mol. The molecular formula is C14H8BrNO3. The topological polar surface area (TPSA) is 57.6 Å². The molecule has 2 aromatic carbocycles. The van der Waals surface area contributed by atoms with Crippen molar-refractivity contribution >= 4 is 33.4 Å². The van der Waals surface area contributed by atoms with Crippen molar-refractivity contribution in [3.8, 4) is 5.75 Å². The Kier molecular flexibility index (Phi) is 2.64. The first kappa shape index (κ1) is 11.9. The van der Waals surface area contributed by atoms with Gasteiger partial charge in [0.15, 0.2) is 0 Å². The molecule has 1 heterocycles. The summed E-state index contributed by atoms with van der Waals surface area (Å²) in [6.45, 7) is 0. The highest BCUT2D eigenvalue weighted by Gasteiger charge is 2.36. The number of hydrogen-bond acceptors (Lipinski definition) is 3. The van der Waals surface area contributed by atoms with Crippen molar-refractivity contribution in [3.63, 3.8) is 0 Å². The van der Waals surface area contributed by atoms with E-state index in [-0.39, 0.29) is 17.2 Å². The Labute approximate surface area is 117 Å². The number of hydrogen-bond donors (Lipinski definition) is 1. The summed E-state index contributed by atoms with van der Waals surface area (Å²) in [5.74, 6) is -0.821. The Bertz CT molecular complexity index is 694. The SMILES string of the molecule is O=C1c2ccc(O)cc2C(=O)N1c1ccc(Br)cc1. The number of amides is 2. The van der Waals surface area contributed by atoms with Crippen molar-refractivity contribution in [1.82, 2.24) is 0 Å². The van der Waals surface area contributed by atoms with Crippen LogP contribution in [0, 0.1) is 0 Å². The van der Waals surface area contributed by atoms with Crippen LogP contribution in [0.1, 0.15) is 20.7 Å². The predicted octanol–water partition coefficient (Wildman–Crippen LogP) is 2.96. The van der Waals surface area contributed by atoms with Gasteiger partial charge in [0.2, 0.25) is 0 Å². The summed E-state index contributed by atoms with van der Waals surface area (Å²) in [7, 11) is 0. The maximum Gasteiger partial charge on any atom is 0.266 e. The molecule has 0 fully saturated rings.